The van der Waals surface area contributed by atoms with Crippen LogP contribution in [0, 0.1) is 0 Å². The van der Waals surface area contributed by atoms with Crippen molar-refractivity contribution in [3.8, 4) is 0 Å². The van der Waals surface area contributed by atoms with Crippen LogP contribution in [0.15, 0.2) is 204 Å². The maximum Gasteiger partial charge on any atom is 0.228 e. The van der Waals surface area contributed by atoms with Gasteiger partial charge in [0.25, 0.3) is 0 Å². The van der Waals surface area contributed by atoms with Crippen LogP contribution in [-0.4, -0.2) is 6.71 Å². The van der Waals surface area contributed by atoms with Crippen molar-refractivity contribution in [1.29, 1.82) is 0 Å². The van der Waals surface area contributed by atoms with E-state index in [0.29, 0.717) is 0 Å². The first kappa shape index (κ1) is 34.3. The number of furan rings is 1. The summed E-state index contributed by atoms with van der Waals surface area (Å²) in [5.41, 5.74) is 16.1. The van der Waals surface area contributed by atoms with Gasteiger partial charge in [0.05, 0.1) is 0 Å². The fourth-order valence-electron chi connectivity index (χ4n) is 9.34. The molecule has 1 aliphatic carbocycles. The number of para-hydroxylation sites is 3. The molecule has 1 unspecified atom stereocenters. The highest BCUT2D eigenvalue weighted by atomic mass is 16.3. The molecule has 3 aliphatic rings. The third-order valence-electron chi connectivity index (χ3n) is 12.1. The summed E-state index contributed by atoms with van der Waals surface area (Å²) in [6.45, 7) is 6.92. The monoisotopic (exact) mass is 747 g/mol. The zero-order chi connectivity index (χ0) is 39.0. The van der Waals surface area contributed by atoms with Gasteiger partial charge in [0.15, 0.2) is 0 Å². The molecule has 58 heavy (non-hydrogen) atoms. The summed E-state index contributed by atoms with van der Waals surface area (Å²) in [4.78, 5) is 7.33. The zero-order valence-corrected chi connectivity index (χ0v) is 32.9. The Bertz CT molecular complexity index is 2960. The Morgan fingerprint density at radius 2 is 1.22 bits per heavy atom. The van der Waals surface area contributed by atoms with Gasteiger partial charge in [-0.05, 0) is 119 Å². The van der Waals surface area contributed by atoms with Crippen molar-refractivity contribution >= 4 is 85.1 Å². The van der Waals surface area contributed by atoms with Crippen molar-refractivity contribution in [2.75, 3.05) is 14.7 Å². The smallest absolute Gasteiger partial charge is 0.228 e. The van der Waals surface area contributed by atoms with Crippen molar-refractivity contribution in [2.24, 2.45) is 0 Å². The van der Waals surface area contributed by atoms with Gasteiger partial charge >= 0.3 is 0 Å². The molecule has 8 aromatic rings. The molecular formula is C53H42BN3O. The predicted molar refractivity (Wildman–Crippen MR) is 246 cm³/mol. The third-order valence-corrected chi connectivity index (χ3v) is 12.1. The molecule has 0 saturated heterocycles. The van der Waals surface area contributed by atoms with E-state index in [1.807, 2.05) is 12.1 Å². The minimum atomic E-state index is 0.0388. The van der Waals surface area contributed by atoms with Crippen LogP contribution >= 0.6 is 0 Å². The van der Waals surface area contributed by atoms with E-state index >= 15 is 0 Å². The van der Waals surface area contributed by atoms with Gasteiger partial charge in [-0.25, -0.2) is 0 Å². The van der Waals surface area contributed by atoms with Crippen LogP contribution in [0.1, 0.15) is 26.3 Å². The van der Waals surface area contributed by atoms with Crippen LogP contribution in [0.5, 0.6) is 0 Å². The molecule has 278 valence electrons. The Labute approximate surface area is 340 Å². The zero-order valence-electron chi connectivity index (χ0n) is 32.9. The molecule has 0 spiro atoms. The summed E-state index contributed by atoms with van der Waals surface area (Å²) in [6.07, 6.45) is 11.5. The molecule has 3 heterocycles. The molecule has 2 bridgehead atoms. The quantitative estimate of drug-likeness (QED) is 0.164. The number of allylic oxidation sites excluding steroid dienone is 5. The van der Waals surface area contributed by atoms with Crippen molar-refractivity contribution in [2.45, 2.75) is 32.0 Å². The Balaban J connectivity index is 1.16. The molecule has 0 radical (unpaired) electrons. The summed E-state index contributed by atoms with van der Waals surface area (Å²) in [7, 11) is 0. The van der Waals surface area contributed by atoms with Gasteiger partial charge in [0.2, 0.25) is 6.71 Å². The molecule has 5 heteroatoms. The average molecular weight is 748 g/mol. The number of hydrogen-bond acceptors (Lipinski definition) is 4. The molecule has 0 saturated carbocycles. The molecule has 2 aliphatic heterocycles. The maximum atomic E-state index is 6.28. The van der Waals surface area contributed by atoms with E-state index < -0.39 is 0 Å². The van der Waals surface area contributed by atoms with Crippen LogP contribution in [0.3, 0.4) is 0 Å². The lowest BCUT2D eigenvalue weighted by atomic mass is 9.32. The summed E-state index contributed by atoms with van der Waals surface area (Å²) >= 11 is 0. The second kappa shape index (κ2) is 13.3. The topological polar surface area (TPSA) is 22.9 Å². The van der Waals surface area contributed by atoms with Gasteiger partial charge in [0, 0.05) is 62.0 Å². The maximum absolute atomic E-state index is 6.28. The van der Waals surface area contributed by atoms with Gasteiger partial charge < -0.3 is 19.1 Å². The molecule has 0 N–H and O–H groups in total. The molecule has 4 nitrogen and oxygen atoms in total. The number of anilines is 8. The molecular weight excluding hydrogens is 705 g/mol. The molecule has 0 amide bonds. The van der Waals surface area contributed by atoms with Crippen molar-refractivity contribution in [3.05, 3.63) is 205 Å². The van der Waals surface area contributed by atoms with E-state index in [9.17, 15) is 0 Å². The van der Waals surface area contributed by atoms with Crippen LogP contribution in [0.25, 0.3) is 21.9 Å². The fourth-order valence-corrected chi connectivity index (χ4v) is 9.34. The van der Waals surface area contributed by atoms with Gasteiger partial charge in [-0.1, -0.05) is 124 Å². The first-order valence-electron chi connectivity index (χ1n) is 20.3. The lowest BCUT2D eigenvalue weighted by molar-refractivity contribution is 0.590. The largest absolute Gasteiger partial charge is 0.456 e. The molecule has 0 fully saturated rings. The summed E-state index contributed by atoms with van der Waals surface area (Å²) in [5.74, 6) is 0.135. The van der Waals surface area contributed by atoms with Gasteiger partial charge in [-0.3, -0.25) is 0 Å². The van der Waals surface area contributed by atoms with Crippen molar-refractivity contribution in [3.63, 3.8) is 0 Å². The second-order valence-corrected chi connectivity index (χ2v) is 16.6. The Morgan fingerprint density at radius 3 is 2.02 bits per heavy atom. The van der Waals surface area contributed by atoms with E-state index in [-0.39, 0.29) is 17.9 Å². The number of hydrogen-bond donors (Lipinski definition) is 0. The van der Waals surface area contributed by atoms with E-state index in [1.54, 1.807) is 0 Å². The Morgan fingerprint density at radius 1 is 0.552 bits per heavy atom. The Kier molecular flexibility index (Phi) is 7.87. The SMILES string of the molecule is CC(C)(C)c1ccc(N2c3cc(N(c4ccccc4)c4ccc5oc6ccccc6c5c4)ccc3B3c4c(cccc42)N(c2ccccc2)C2=CC3C=CC=C2)cc1. The predicted octanol–water partition coefficient (Wildman–Crippen LogP) is 13.3. The molecule has 7 aromatic carbocycles. The number of nitrogens with zero attached hydrogens (tertiary/aromatic N) is 3. The van der Waals surface area contributed by atoms with Crippen molar-refractivity contribution in [1.82, 2.24) is 0 Å². The van der Waals surface area contributed by atoms with Crippen LogP contribution in [0.2, 0.25) is 5.82 Å². The number of rotatable bonds is 5. The standard InChI is InChI=1S/C53H42BN3O/c1-53(2,3)36-25-27-40(28-26-36)57-48-23-14-22-47-52(48)54(37-15-10-11-20-41(33-37)56(47)39-18-8-5-9-19-39)46-31-29-43(35-49(46)57)55(38-16-6-4-7-17-38)42-30-32-51-45(34-42)44-21-12-13-24-50(44)58-51/h4-35,37H,1-3H3. The van der Waals surface area contributed by atoms with Gasteiger partial charge in [0.1, 0.15) is 11.2 Å². The lowest BCUT2D eigenvalue weighted by Gasteiger charge is -2.40. The third kappa shape index (κ3) is 5.53. The first-order valence-corrected chi connectivity index (χ1v) is 20.3. The number of benzene rings is 7. The summed E-state index contributed by atoms with van der Waals surface area (Å²) in [6, 6.07) is 59.6. The average Bonchev–Trinajstić information content (AvgIpc) is 3.36. The molecule has 11 rings (SSSR count). The van der Waals surface area contributed by atoms with E-state index in [1.165, 1.54) is 39.2 Å². The lowest BCUT2D eigenvalue weighted by Crippen LogP contribution is -2.52. The van der Waals surface area contributed by atoms with Crippen LogP contribution in [0.4, 0.5) is 45.5 Å². The van der Waals surface area contributed by atoms with E-state index in [2.05, 4.69) is 218 Å². The minimum Gasteiger partial charge on any atom is -0.456 e. The van der Waals surface area contributed by atoms with Crippen LogP contribution < -0.4 is 25.6 Å². The molecule has 1 atom stereocenters. The summed E-state index contributed by atoms with van der Waals surface area (Å²) in [5, 5.41) is 2.22. The highest BCUT2D eigenvalue weighted by Crippen LogP contribution is 2.47. The van der Waals surface area contributed by atoms with Gasteiger partial charge in [-0.2, -0.15) is 0 Å². The highest BCUT2D eigenvalue weighted by Gasteiger charge is 2.43. The number of fused-ring (bicyclic) bond motifs is 7. The Hall–Kier alpha value is -6.98. The van der Waals surface area contributed by atoms with E-state index in [0.717, 1.165) is 50.4 Å². The normalized spacial score (nSPS) is 15.5. The van der Waals surface area contributed by atoms with Crippen molar-refractivity contribution < 1.29 is 4.42 Å². The minimum absolute atomic E-state index is 0.0388. The van der Waals surface area contributed by atoms with E-state index in [4.69, 9.17) is 4.42 Å². The highest BCUT2D eigenvalue weighted by molar-refractivity contribution is 6.91. The van der Waals surface area contributed by atoms with Crippen LogP contribution in [-0.2, 0) is 5.41 Å². The second-order valence-electron chi connectivity index (χ2n) is 16.6. The fraction of sp³-hybridized carbons (Fsp3) is 0.0943. The summed E-state index contributed by atoms with van der Waals surface area (Å²) < 4.78 is 6.28. The first-order chi connectivity index (χ1) is 28.4. The van der Waals surface area contributed by atoms with Gasteiger partial charge in [-0.15, -0.1) is 0 Å². The molecule has 1 aromatic heterocycles.